The van der Waals surface area contributed by atoms with E-state index in [2.05, 4.69) is 30.0 Å². The molecule has 1 aliphatic carbocycles. The molecule has 2 aromatic heterocycles. The van der Waals surface area contributed by atoms with Crippen LogP contribution in [0.2, 0.25) is 0 Å². The minimum Gasteiger partial charge on any atom is -0.473 e. The average molecular weight is 417 g/mol. The van der Waals surface area contributed by atoms with Crippen molar-refractivity contribution in [1.82, 2.24) is 24.7 Å². The first kappa shape index (κ1) is 19.6. The molecule has 10 heteroatoms. The van der Waals surface area contributed by atoms with Crippen molar-refractivity contribution in [3.05, 3.63) is 30.1 Å². The van der Waals surface area contributed by atoms with Crippen molar-refractivity contribution in [2.24, 2.45) is 0 Å². The maximum absolute atomic E-state index is 12.0. The SMILES string of the molecule is CNS(=O)(=O)c1ccc(Nc2nc(OC3CCCCC3)c3nc[nH]c3n2)c(C)c1. The van der Waals surface area contributed by atoms with Crippen molar-refractivity contribution in [1.29, 1.82) is 0 Å². The number of aromatic amines is 1. The average Bonchev–Trinajstić information content (AvgIpc) is 3.19. The quantitative estimate of drug-likeness (QED) is 0.564. The van der Waals surface area contributed by atoms with Crippen LogP contribution in [0.3, 0.4) is 0 Å². The van der Waals surface area contributed by atoms with Gasteiger partial charge in [0, 0.05) is 5.69 Å². The third-order valence-corrected chi connectivity index (χ3v) is 6.51. The molecule has 0 amide bonds. The molecular formula is C19H24N6O3S. The van der Waals surface area contributed by atoms with Crippen LogP contribution in [0.4, 0.5) is 11.6 Å². The van der Waals surface area contributed by atoms with E-state index in [9.17, 15) is 8.42 Å². The van der Waals surface area contributed by atoms with Crippen LogP contribution in [0, 0.1) is 6.92 Å². The Morgan fingerprint density at radius 1 is 1.17 bits per heavy atom. The van der Waals surface area contributed by atoms with Crippen LogP contribution < -0.4 is 14.8 Å². The smallest absolute Gasteiger partial charge is 0.247 e. The molecule has 1 aromatic carbocycles. The standard InChI is InChI=1S/C19H24N6O3S/c1-12-10-14(29(26,27)20-2)8-9-15(12)23-19-24-17-16(21-11-22-17)18(25-19)28-13-6-4-3-5-7-13/h8-11,13,20H,3-7H2,1-2H3,(H2,21,22,23,24,25). The summed E-state index contributed by atoms with van der Waals surface area (Å²) in [5.74, 6) is 0.817. The van der Waals surface area contributed by atoms with Crippen molar-refractivity contribution in [2.75, 3.05) is 12.4 Å². The summed E-state index contributed by atoms with van der Waals surface area (Å²) in [6.45, 7) is 1.82. The van der Waals surface area contributed by atoms with E-state index in [4.69, 9.17) is 4.74 Å². The Bertz CT molecular complexity index is 1120. The molecule has 9 nitrogen and oxygen atoms in total. The molecule has 0 bridgehead atoms. The monoisotopic (exact) mass is 416 g/mol. The Hall–Kier alpha value is -2.72. The van der Waals surface area contributed by atoms with E-state index >= 15 is 0 Å². The zero-order chi connectivity index (χ0) is 20.4. The number of anilines is 2. The molecule has 154 valence electrons. The van der Waals surface area contributed by atoms with E-state index < -0.39 is 10.0 Å². The van der Waals surface area contributed by atoms with Gasteiger partial charge in [-0.25, -0.2) is 18.1 Å². The summed E-state index contributed by atoms with van der Waals surface area (Å²) in [7, 11) is -2.11. The normalized spacial score (nSPS) is 15.5. The van der Waals surface area contributed by atoms with Crippen LogP contribution >= 0.6 is 0 Å². The first-order valence-electron chi connectivity index (χ1n) is 9.65. The number of hydrogen-bond acceptors (Lipinski definition) is 7. The first-order chi connectivity index (χ1) is 14.0. The fraction of sp³-hybridized carbons (Fsp3) is 0.421. The summed E-state index contributed by atoms with van der Waals surface area (Å²) in [6.07, 6.45) is 7.29. The number of aromatic nitrogens is 4. The Balaban J connectivity index is 1.63. The molecule has 1 saturated carbocycles. The van der Waals surface area contributed by atoms with Gasteiger partial charge in [-0.3, -0.25) is 0 Å². The third kappa shape index (κ3) is 4.18. The highest BCUT2D eigenvalue weighted by Crippen LogP contribution is 2.28. The number of nitrogens with one attached hydrogen (secondary N) is 3. The summed E-state index contributed by atoms with van der Waals surface area (Å²) in [6, 6.07) is 4.83. The first-order valence-corrected chi connectivity index (χ1v) is 11.1. The molecule has 29 heavy (non-hydrogen) atoms. The van der Waals surface area contributed by atoms with Crippen molar-refractivity contribution < 1.29 is 13.2 Å². The van der Waals surface area contributed by atoms with Crippen LogP contribution in [0.25, 0.3) is 11.2 Å². The van der Waals surface area contributed by atoms with E-state index in [1.165, 1.54) is 19.5 Å². The van der Waals surface area contributed by atoms with Crippen LogP contribution in [0.5, 0.6) is 5.88 Å². The molecular weight excluding hydrogens is 392 g/mol. The topological polar surface area (TPSA) is 122 Å². The van der Waals surface area contributed by atoms with E-state index in [0.29, 0.717) is 28.7 Å². The van der Waals surface area contributed by atoms with Crippen LogP contribution in [-0.4, -0.2) is 41.5 Å². The number of rotatable bonds is 6. The summed E-state index contributed by atoms with van der Waals surface area (Å²) in [5, 5.41) is 3.16. The van der Waals surface area contributed by atoms with Gasteiger partial charge in [0.15, 0.2) is 11.2 Å². The molecule has 0 radical (unpaired) electrons. The number of sulfonamides is 1. The highest BCUT2D eigenvalue weighted by atomic mass is 32.2. The lowest BCUT2D eigenvalue weighted by molar-refractivity contribution is 0.150. The fourth-order valence-electron chi connectivity index (χ4n) is 3.47. The van der Waals surface area contributed by atoms with Gasteiger partial charge in [-0.2, -0.15) is 9.97 Å². The second-order valence-electron chi connectivity index (χ2n) is 7.14. The Labute approximate surface area is 169 Å². The van der Waals surface area contributed by atoms with Gasteiger partial charge in [-0.05, 0) is 63.4 Å². The van der Waals surface area contributed by atoms with Crippen molar-refractivity contribution in [3.8, 4) is 5.88 Å². The van der Waals surface area contributed by atoms with E-state index in [1.54, 1.807) is 18.5 Å². The van der Waals surface area contributed by atoms with E-state index in [-0.39, 0.29) is 11.0 Å². The predicted molar refractivity (Wildman–Crippen MR) is 110 cm³/mol. The predicted octanol–water partition coefficient (Wildman–Crippen LogP) is 3.02. The van der Waals surface area contributed by atoms with Crippen LogP contribution in [0.15, 0.2) is 29.4 Å². The maximum atomic E-state index is 12.0. The molecule has 3 aromatic rings. The number of imidazole rings is 1. The van der Waals surface area contributed by atoms with Gasteiger partial charge >= 0.3 is 0 Å². The molecule has 1 fully saturated rings. The fourth-order valence-corrected chi connectivity index (χ4v) is 4.28. The number of ether oxygens (including phenoxy) is 1. The van der Waals surface area contributed by atoms with E-state index in [1.807, 2.05) is 6.92 Å². The van der Waals surface area contributed by atoms with Crippen molar-refractivity contribution in [3.63, 3.8) is 0 Å². The number of nitrogens with zero attached hydrogens (tertiary/aromatic N) is 3. The minimum absolute atomic E-state index is 0.138. The highest BCUT2D eigenvalue weighted by molar-refractivity contribution is 7.89. The zero-order valence-corrected chi connectivity index (χ0v) is 17.2. The largest absolute Gasteiger partial charge is 0.473 e. The van der Waals surface area contributed by atoms with Gasteiger partial charge in [0.05, 0.1) is 11.2 Å². The van der Waals surface area contributed by atoms with Gasteiger partial charge in [0.2, 0.25) is 21.9 Å². The molecule has 0 spiro atoms. The van der Waals surface area contributed by atoms with Gasteiger partial charge in [-0.15, -0.1) is 0 Å². The van der Waals surface area contributed by atoms with Gasteiger partial charge in [0.25, 0.3) is 0 Å². The van der Waals surface area contributed by atoms with E-state index in [0.717, 1.165) is 31.2 Å². The number of hydrogen-bond donors (Lipinski definition) is 3. The van der Waals surface area contributed by atoms with Crippen LogP contribution in [-0.2, 0) is 10.0 Å². The lowest BCUT2D eigenvalue weighted by Gasteiger charge is -2.22. The Kier molecular flexibility index (Phi) is 5.37. The number of fused-ring (bicyclic) bond motifs is 1. The highest BCUT2D eigenvalue weighted by Gasteiger charge is 2.20. The van der Waals surface area contributed by atoms with Crippen molar-refractivity contribution >= 4 is 32.8 Å². The molecule has 2 heterocycles. The molecule has 4 rings (SSSR count). The molecule has 3 N–H and O–H groups in total. The summed E-state index contributed by atoms with van der Waals surface area (Å²) < 4.78 is 32.4. The maximum Gasteiger partial charge on any atom is 0.247 e. The van der Waals surface area contributed by atoms with Gasteiger partial charge in [0.1, 0.15) is 6.10 Å². The number of H-pyrrole nitrogens is 1. The molecule has 0 saturated heterocycles. The lowest BCUT2D eigenvalue weighted by atomic mass is 9.98. The van der Waals surface area contributed by atoms with Crippen molar-refractivity contribution in [2.45, 2.75) is 50.0 Å². The Morgan fingerprint density at radius 3 is 2.69 bits per heavy atom. The Morgan fingerprint density at radius 2 is 1.97 bits per heavy atom. The molecule has 1 aliphatic rings. The number of aryl methyl sites for hydroxylation is 1. The van der Waals surface area contributed by atoms with Gasteiger partial charge < -0.3 is 15.0 Å². The second-order valence-corrected chi connectivity index (χ2v) is 9.03. The van der Waals surface area contributed by atoms with Crippen LogP contribution in [0.1, 0.15) is 37.7 Å². The summed E-state index contributed by atoms with van der Waals surface area (Å²) >= 11 is 0. The third-order valence-electron chi connectivity index (χ3n) is 5.10. The molecule has 0 aliphatic heterocycles. The molecule has 0 atom stereocenters. The minimum atomic E-state index is -3.50. The number of benzene rings is 1. The zero-order valence-electron chi connectivity index (χ0n) is 16.4. The summed E-state index contributed by atoms with van der Waals surface area (Å²) in [5.41, 5.74) is 2.65. The molecule has 0 unspecified atom stereocenters. The van der Waals surface area contributed by atoms with Gasteiger partial charge in [-0.1, -0.05) is 6.42 Å². The summed E-state index contributed by atoms with van der Waals surface area (Å²) in [4.78, 5) is 16.5. The second kappa shape index (κ2) is 7.96. The lowest BCUT2D eigenvalue weighted by Crippen LogP contribution is -2.20.